The van der Waals surface area contributed by atoms with Crippen molar-refractivity contribution in [1.82, 2.24) is 4.57 Å². The van der Waals surface area contributed by atoms with Crippen molar-refractivity contribution in [3.05, 3.63) is 88.2 Å². The lowest BCUT2D eigenvalue weighted by Gasteiger charge is -2.37. The number of nitrogens with zero attached hydrogens (tertiary/aromatic N) is 3. The number of anilines is 1. The highest BCUT2D eigenvalue weighted by molar-refractivity contribution is 6.08. The van der Waals surface area contributed by atoms with Crippen LogP contribution in [0.4, 0.5) is 14.5 Å². The summed E-state index contributed by atoms with van der Waals surface area (Å²) in [5.41, 5.74) is 0.145. The van der Waals surface area contributed by atoms with E-state index < -0.39 is 23.0 Å². The molecular formula is C42H50BrF2N3O5. The molecule has 8 nitrogen and oxygen atoms in total. The third kappa shape index (κ3) is 10.8. The van der Waals surface area contributed by atoms with Gasteiger partial charge in [-0.05, 0) is 76.6 Å². The Hall–Kier alpha value is -4.40. The SMILES string of the molecule is C#CCN(C(=O)c1cn(-c2cc(OCC)cc(OCC)c2)c2cc(OCCCCCCC[N+]3(C)CCCCC3)ccc2c1=O)c1cc(F)cc(F)c1.[Br-]. The fraction of sp³-hybridized carbons (Fsp3) is 0.429. The van der Waals surface area contributed by atoms with E-state index in [-0.39, 0.29) is 40.2 Å². The fourth-order valence-electron chi connectivity index (χ4n) is 6.98. The van der Waals surface area contributed by atoms with Crippen LogP contribution in [0, 0.1) is 24.0 Å². The van der Waals surface area contributed by atoms with E-state index in [1.54, 1.807) is 41.0 Å². The molecule has 0 bridgehead atoms. The molecule has 1 amide bonds. The highest BCUT2D eigenvalue weighted by Gasteiger charge is 2.25. The summed E-state index contributed by atoms with van der Waals surface area (Å²) in [6.45, 7) is 8.63. The van der Waals surface area contributed by atoms with E-state index in [2.05, 4.69) is 13.0 Å². The number of terminal acetylenes is 1. The predicted molar refractivity (Wildman–Crippen MR) is 202 cm³/mol. The summed E-state index contributed by atoms with van der Waals surface area (Å²) in [5, 5.41) is 0.245. The molecule has 1 aliphatic rings. The number of pyridine rings is 1. The van der Waals surface area contributed by atoms with Gasteiger partial charge < -0.3 is 40.2 Å². The first-order chi connectivity index (χ1) is 25.1. The molecule has 0 radical (unpaired) electrons. The summed E-state index contributed by atoms with van der Waals surface area (Å²) in [7, 11) is 2.39. The summed E-state index contributed by atoms with van der Waals surface area (Å²) in [5.74, 6) is 1.45. The quantitative estimate of drug-likeness (QED) is 0.0825. The number of halogens is 3. The van der Waals surface area contributed by atoms with E-state index in [0.29, 0.717) is 54.3 Å². The number of piperidine rings is 1. The van der Waals surface area contributed by atoms with Gasteiger partial charge in [-0.1, -0.05) is 18.8 Å². The van der Waals surface area contributed by atoms with Crippen molar-refractivity contribution in [3.63, 3.8) is 0 Å². The Labute approximate surface area is 322 Å². The third-order valence-electron chi connectivity index (χ3n) is 9.63. The lowest BCUT2D eigenvalue weighted by molar-refractivity contribution is -0.914. The molecule has 0 spiro atoms. The van der Waals surface area contributed by atoms with Crippen LogP contribution in [0.2, 0.25) is 0 Å². The molecule has 1 saturated heterocycles. The van der Waals surface area contributed by atoms with Crippen LogP contribution in [0.15, 0.2) is 65.6 Å². The van der Waals surface area contributed by atoms with E-state index in [4.69, 9.17) is 20.6 Å². The van der Waals surface area contributed by atoms with Crippen molar-refractivity contribution in [3.8, 4) is 35.3 Å². The van der Waals surface area contributed by atoms with E-state index >= 15 is 0 Å². The molecular weight excluding hydrogens is 744 g/mol. The molecule has 5 rings (SSSR count). The molecule has 3 aromatic carbocycles. The zero-order valence-corrected chi connectivity index (χ0v) is 32.6. The molecule has 0 saturated carbocycles. The van der Waals surface area contributed by atoms with Gasteiger partial charge in [0, 0.05) is 41.9 Å². The van der Waals surface area contributed by atoms with Gasteiger partial charge in [-0.2, -0.15) is 0 Å². The number of quaternary nitrogens is 1. The lowest BCUT2D eigenvalue weighted by Crippen LogP contribution is -3.00. The number of unbranched alkanes of at least 4 members (excludes halogenated alkanes) is 4. The average Bonchev–Trinajstić information content (AvgIpc) is 3.11. The number of fused-ring (bicyclic) bond motifs is 1. The molecule has 0 atom stereocenters. The number of likely N-dealkylation sites (tertiary alicyclic amines) is 1. The standard InChI is InChI=1S/C42H50F2N3O5.BrH/c1-5-18-45(33-24-31(43)23-32(44)25-33)42(49)39-30-46(34-26-36(50-6-2)28-37(27-34)51-7-3)40-29-35(16-17-38(40)41(39)48)52-22-15-10-8-9-12-19-47(4)20-13-11-14-21-47;/h1,16-17,23-30H,6-15,18-22H2,2-4H3;1H/q+1;/p-1. The minimum Gasteiger partial charge on any atom is -1.00 e. The highest BCUT2D eigenvalue weighted by Crippen LogP contribution is 2.30. The van der Waals surface area contributed by atoms with Crippen LogP contribution >= 0.6 is 0 Å². The Kier molecular flexibility index (Phi) is 15.3. The van der Waals surface area contributed by atoms with E-state index in [1.165, 1.54) is 62.4 Å². The van der Waals surface area contributed by atoms with Gasteiger partial charge in [-0.15, -0.1) is 6.42 Å². The first kappa shape index (κ1) is 41.4. The molecule has 0 unspecified atom stereocenters. The maximum atomic E-state index is 14.2. The zero-order chi connectivity index (χ0) is 37.1. The maximum absolute atomic E-state index is 14.2. The minimum absolute atomic E-state index is 0. The van der Waals surface area contributed by atoms with Gasteiger partial charge in [0.25, 0.3) is 5.91 Å². The lowest BCUT2D eigenvalue weighted by atomic mass is 10.1. The van der Waals surface area contributed by atoms with Crippen molar-refractivity contribution in [2.45, 2.75) is 65.2 Å². The number of rotatable bonds is 17. The zero-order valence-electron chi connectivity index (χ0n) is 31.0. The average molecular weight is 795 g/mol. The number of carbonyl (C=O) groups excluding carboxylic acids is 1. The number of amides is 1. The fourth-order valence-corrected chi connectivity index (χ4v) is 6.98. The van der Waals surface area contributed by atoms with Crippen LogP contribution in [-0.2, 0) is 0 Å². The molecule has 53 heavy (non-hydrogen) atoms. The number of aromatic nitrogens is 1. The third-order valence-corrected chi connectivity index (χ3v) is 9.63. The second-order valence-electron chi connectivity index (χ2n) is 13.6. The van der Waals surface area contributed by atoms with E-state index in [1.807, 2.05) is 13.8 Å². The summed E-state index contributed by atoms with van der Waals surface area (Å²) in [4.78, 5) is 29.1. The molecule has 1 fully saturated rings. The van der Waals surface area contributed by atoms with E-state index in [9.17, 15) is 18.4 Å². The Morgan fingerprint density at radius 1 is 0.849 bits per heavy atom. The molecule has 1 aromatic heterocycles. The first-order valence-corrected chi connectivity index (χ1v) is 18.4. The number of benzene rings is 3. The van der Waals surface area contributed by atoms with Gasteiger partial charge in [-0.3, -0.25) is 14.5 Å². The monoisotopic (exact) mass is 793 g/mol. The molecule has 4 aromatic rings. The Balaban J connectivity index is 0.00000627. The second kappa shape index (κ2) is 19.6. The Bertz CT molecular complexity index is 1910. The number of hydrogen-bond acceptors (Lipinski definition) is 5. The van der Waals surface area contributed by atoms with Crippen LogP contribution in [-0.4, -0.2) is 68.0 Å². The van der Waals surface area contributed by atoms with Gasteiger partial charge in [0.1, 0.15) is 34.4 Å². The van der Waals surface area contributed by atoms with Crippen molar-refractivity contribution in [2.24, 2.45) is 0 Å². The summed E-state index contributed by atoms with van der Waals surface area (Å²) in [6.07, 6.45) is 16.7. The summed E-state index contributed by atoms with van der Waals surface area (Å²) >= 11 is 0. The molecule has 11 heteroatoms. The van der Waals surface area contributed by atoms with Crippen molar-refractivity contribution < 1.29 is 49.3 Å². The maximum Gasteiger partial charge on any atom is 0.264 e. The highest BCUT2D eigenvalue weighted by atomic mass is 79.9. The molecule has 2 heterocycles. The minimum atomic E-state index is -0.882. The largest absolute Gasteiger partial charge is 1.00 e. The molecule has 0 aliphatic carbocycles. The summed E-state index contributed by atoms with van der Waals surface area (Å²) < 4.78 is 49.2. The van der Waals surface area contributed by atoms with Crippen LogP contribution in [0.25, 0.3) is 16.6 Å². The number of carbonyl (C=O) groups is 1. The van der Waals surface area contributed by atoms with Crippen LogP contribution in [0.1, 0.15) is 75.6 Å². The molecule has 1 aliphatic heterocycles. The van der Waals surface area contributed by atoms with Crippen molar-refractivity contribution in [1.29, 1.82) is 0 Å². The summed E-state index contributed by atoms with van der Waals surface area (Å²) in [6, 6.07) is 13.2. The molecule has 0 N–H and O–H groups in total. The Morgan fingerprint density at radius 3 is 2.13 bits per heavy atom. The van der Waals surface area contributed by atoms with Crippen LogP contribution in [0.5, 0.6) is 17.2 Å². The van der Waals surface area contributed by atoms with Crippen molar-refractivity contribution in [2.75, 3.05) is 57.9 Å². The van der Waals surface area contributed by atoms with Gasteiger partial charge >= 0.3 is 0 Å². The normalized spacial score (nSPS) is 13.5. The van der Waals surface area contributed by atoms with Crippen molar-refractivity contribution >= 4 is 22.5 Å². The topological polar surface area (TPSA) is 70.0 Å². The smallest absolute Gasteiger partial charge is 0.264 e. The second-order valence-corrected chi connectivity index (χ2v) is 13.6. The van der Waals surface area contributed by atoms with Crippen LogP contribution in [0.3, 0.4) is 0 Å². The van der Waals surface area contributed by atoms with Gasteiger partial charge in [0.05, 0.1) is 69.9 Å². The van der Waals surface area contributed by atoms with E-state index in [0.717, 1.165) is 36.3 Å². The van der Waals surface area contributed by atoms with Gasteiger partial charge in [0.15, 0.2) is 0 Å². The number of ether oxygens (including phenoxy) is 3. The van der Waals surface area contributed by atoms with Gasteiger partial charge in [0.2, 0.25) is 5.43 Å². The number of hydrogen-bond donors (Lipinski definition) is 0. The predicted octanol–water partition coefficient (Wildman–Crippen LogP) is 5.31. The Morgan fingerprint density at radius 2 is 1.49 bits per heavy atom. The molecule has 284 valence electrons. The van der Waals surface area contributed by atoms with Gasteiger partial charge in [-0.25, -0.2) is 8.78 Å². The van der Waals surface area contributed by atoms with Crippen LogP contribution < -0.4 is 41.5 Å². The first-order valence-electron chi connectivity index (χ1n) is 18.4.